The molecule has 1 unspecified atom stereocenters. The van der Waals surface area contributed by atoms with E-state index in [0.29, 0.717) is 5.92 Å². The minimum Gasteiger partial charge on any atom is -0.393 e. The summed E-state index contributed by atoms with van der Waals surface area (Å²) < 4.78 is 5.17. The first-order valence-electron chi connectivity index (χ1n) is 9.26. The Morgan fingerprint density at radius 3 is 2.83 bits per heavy atom. The molecule has 6 heteroatoms. The highest BCUT2D eigenvalue weighted by Crippen LogP contribution is 2.25. The number of aliphatic hydroxyl groups excluding tert-OH is 1. The lowest BCUT2D eigenvalue weighted by molar-refractivity contribution is 0.145. The normalized spacial score (nSPS) is 22.8. The predicted octanol–water partition coefficient (Wildman–Crippen LogP) is 2.08. The number of ether oxygens (including phenoxy) is 1. The monoisotopic (exact) mass is 334 g/mol. The van der Waals surface area contributed by atoms with Crippen LogP contribution in [0.2, 0.25) is 0 Å². The molecule has 2 aliphatic heterocycles. The number of aromatic nitrogens is 2. The van der Waals surface area contributed by atoms with E-state index in [1.807, 2.05) is 12.3 Å². The average molecular weight is 334 g/mol. The van der Waals surface area contributed by atoms with Crippen molar-refractivity contribution >= 4 is 11.8 Å². The van der Waals surface area contributed by atoms with Crippen molar-refractivity contribution in [1.82, 2.24) is 9.97 Å². The number of piperidine rings is 2. The van der Waals surface area contributed by atoms with Gasteiger partial charge in [0.15, 0.2) is 0 Å². The molecular formula is C18H30N4O2. The molecule has 0 spiro atoms. The molecule has 2 aliphatic rings. The van der Waals surface area contributed by atoms with Crippen molar-refractivity contribution in [2.45, 2.75) is 44.6 Å². The maximum atomic E-state index is 9.67. The lowest BCUT2D eigenvalue weighted by Crippen LogP contribution is -2.38. The number of methoxy groups -OCH3 is 1. The summed E-state index contributed by atoms with van der Waals surface area (Å²) in [5.74, 6) is 2.56. The molecule has 1 aromatic heterocycles. The van der Waals surface area contributed by atoms with E-state index < -0.39 is 0 Å². The lowest BCUT2D eigenvalue weighted by Gasteiger charge is -2.34. The van der Waals surface area contributed by atoms with E-state index in [0.717, 1.165) is 63.8 Å². The fourth-order valence-electron chi connectivity index (χ4n) is 3.76. The molecule has 0 saturated carbocycles. The van der Waals surface area contributed by atoms with Gasteiger partial charge in [0.25, 0.3) is 0 Å². The van der Waals surface area contributed by atoms with E-state index in [1.54, 1.807) is 7.11 Å². The molecule has 6 nitrogen and oxygen atoms in total. The SMILES string of the molecule is COCCCC1CCCN(c2nccc(N3CCC(O)CC3)n2)C1. The van der Waals surface area contributed by atoms with Crippen molar-refractivity contribution in [3.05, 3.63) is 12.3 Å². The highest BCUT2D eigenvalue weighted by Gasteiger charge is 2.23. The quantitative estimate of drug-likeness (QED) is 0.804. The van der Waals surface area contributed by atoms with Gasteiger partial charge < -0.3 is 19.6 Å². The van der Waals surface area contributed by atoms with Crippen LogP contribution in [0.3, 0.4) is 0 Å². The van der Waals surface area contributed by atoms with Gasteiger partial charge in [0.1, 0.15) is 5.82 Å². The molecule has 0 aliphatic carbocycles. The van der Waals surface area contributed by atoms with Crippen LogP contribution in [0.1, 0.15) is 38.5 Å². The van der Waals surface area contributed by atoms with E-state index in [4.69, 9.17) is 9.72 Å². The van der Waals surface area contributed by atoms with Crippen LogP contribution in [0.5, 0.6) is 0 Å². The van der Waals surface area contributed by atoms with E-state index >= 15 is 0 Å². The number of aliphatic hydroxyl groups is 1. The van der Waals surface area contributed by atoms with Crippen LogP contribution in [-0.4, -0.2) is 61.1 Å². The van der Waals surface area contributed by atoms with E-state index in [-0.39, 0.29) is 6.10 Å². The maximum absolute atomic E-state index is 9.67. The van der Waals surface area contributed by atoms with Gasteiger partial charge >= 0.3 is 0 Å². The molecule has 134 valence electrons. The summed E-state index contributed by atoms with van der Waals surface area (Å²) >= 11 is 0. The van der Waals surface area contributed by atoms with Crippen molar-refractivity contribution in [1.29, 1.82) is 0 Å². The van der Waals surface area contributed by atoms with Gasteiger partial charge in [0, 0.05) is 46.1 Å². The molecule has 0 bridgehead atoms. The first-order chi connectivity index (χ1) is 11.8. The molecule has 0 aromatic carbocycles. The second-order valence-corrected chi connectivity index (χ2v) is 7.02. The molecular weight excluding hydrogens is 304 g/mol. The van der Waals surface area contributed by atoms with Crippen LogP contribution < -0.4 is 9.80 Å². The summed E-state index contributed by atoms with van der Waals surface area (Å²) in [5.41, 5.74) is 0. The topological polar surface area (TPSA) is 61.7 Å². The largest absolute Gasteiger partial charge is 0.393 e. The van der Waals surface area contributed by atoms with Crippen LogP contribution in [-0.2, 0) is 4.74 Å². The van der Waals surface area contributed by atoms with Crippen LogP contribution in [0.25, 0.3) is 0 Å². The fraction of sp³-hybridized carbons (Fsp3) is 0.778. The molecule has 2 fully saturated rings. The summed E-state index contributed by atoms with van der Waals surface area (Å²) in [4.78, 5) is 13.9. The van der Waals surface area contributed by atoms with Gasteiger partial charge in [0.05, 0.1) is 6.10 Å². The Balaban J connectivity index is 1.60. The average Bonchev–Trinajstić information content (AvgIpc) is 2.63. The van der Waals surface area contributed by atoms with Gasteiger partial charge in [-0.1, -0.05) is 0 Å². The van der Waals surface area contributed by atoms with Crippen molar-refractivity contribution in [3.8, 4) is 0 Å². The first kappa shape index (κ1) is 17.4. The molecule has 24 heavy (non-hydrogen) atoms. The molecule has 3 heterocycles. The number of anilines is 2. The minimum atomic E-state index is -0.155. The van der Waals surface area contributed by atoms with Gasteiger partial charge in [-0.2, -0.15) is 4.98 Å². The maximum Gasteiger partial charge on any atom is 0.227 e. The Kier molecular flexibility index (Phi) is 6.26. The molecule has 1 atom stereocenters. The Morgan fingerprint density at radius 2 is 2.04 bits per heavy atom. The molecule has 1 N–H and O–H groups in total. The zero-order valence-electron chi connectivity index (χ0n) is 14.7. The van der Waals surface area contributed by atoms with Crippen molar-refractivity contribution < 1.29 is 9.84 Å². The summed E-state index contributed by atoms with van der Waals surface area (Å²) in [5, 5.41) is 9.67. The standard InChI is InChI=1S/C18H30N4O2/c1-24-13-3-5-15-4-2-10-22(14-15)18-19-9-6-17(20-18)21-11-7-16(23)8-12-21/h6,9,15-16,23H,2-5,7-8,10-14H2,1H3. The summed E-state index contributed by atoms with van der Waals surface area (Å²) in [6.45, 7) is 4.69. The van der Waals surface area contributed by atoms with Crippen LogP contribution >= 0.6 is 0 Å². The molecule has 0 amide bonds. The lowest BCUT2D eigenvalue weighted by atomic mass is 9.94. The van der Waals surface area contributed by atoms with Gasteiger partial charge in [-0.25, -0.2) is 4.98 Å². The van der Waals surface area contributed by atoms with Gasteiger partial charge in [0.2, 0.25) is 5.95 Å². The van der Waals surface area contributed by atoms with Crippen LogP contribution in [0, 0.1) is 5.92 Å². The molecule has 1 aromatic rings. The van der Waals surface area contributed by atoms with E-state index in [1.165, 1.54) is 19.3 Å². The first-order valence-corrected chi connectivity index (χ1v) is 9.26. The van der Waals surface area contributed by atoms with Crippen molar-refractivity contribution in [3.63, 3.8) is 0 Å². The second kappa shape index (κ2) is 8.62. The highest BCUT2D eigenvalue weighted by molar-refractivity contribution is 5.44. The second-order valence-electron chi connectivity index (χ2n) is 7.02. The zero-order chi connectivity index (χ0) is 16.8. The number of hydrogen-bond donors (Lipinski definition) is 1. The number of rotatable bonds is 6. The van der Waals surface area contributed by atoms with Gasteiger partial charge in [-0.3, -0.25) is 0 Å². The minimum absolute atomic E-state index is 0.155. The highest BCUT2D eigenvalue weighted by atomic mass is 16.5. The predicted molar refractivity (Wildman–Crippen MR) is 95.5 cm³/mol. The fourth-order valence-corrected chi connectivity index (χ4v) is 3.76. The Bertz CT molecular complexity index is 506. The number of nitrogens with zero attached hydrogens (tertiary/aromatic N) is 4. The Labute approximate surface area is 144 Å². The van der Waals surface area contributed by atoms with Gasteiger partial charge in [-0.15, -0.1) is 0 Å². The Hall–Kier alpha value is -1.40. The third-order valence-corrected chi connectivity index (χ3v) is 5.18. The van der Waals surface area contributed by atoms with Crippen LogP contribution in [0.15, 0.2) is 12.3 Å². The van der Waals surface area contributed by atoms with Gasteiger partial charge in [-0.05, 0) is 50.5 Å². The zero-order valence-corrected chi connectivity index (χ0v) is 14.7. The van der Waals surface area contributed by atoms with E-state index in [2.05, 4.69) is 14.8 Å². The van der Waals surface area contributed by atoms with Crippen molar-refractivity contribution in [2.24, 2.45) is 5.92 Å². The Morgan fingerprint density at radius 1 is 1.21 bits per heavy atom. The summed E-state index contributed by atoms with van der Waals surface area (Å²) in [6.07, 6.45) is 8.22. The smallest absolute Gasteiger partial charge is 0.227 e. The third-order valence-electron chi connectivity index (χ3n) is 5.18. The van der Waals surface area contributed by atoms with E-state index in [9.17, 15) is 5.11 Å². The molecule has 0 radical (unpaired) electrons. The third kappa shape index (κ3) is 4.57. The molecule has 2 saturated heterocycles. The van der Waals surface area contributed by atoms with Crippen molar-refractivity contribution in [2.75, 3.05) is 49.7 Å². The summed E-state index contributed by atoms with van der Waals surface area (Å²) in [7, 11) is 1.77. The summed E-state index contributed by atoms with van der Waals surface area (Å²) in [6, 6.07) is 1.99. The number of hydrogen-bond acceptors (Lipinski definition) is 6. The molecule has 3 rings (SSSR count). The van der Waals surface area contributed by atoms with Crippen LogP contribution in [0.4, 0.5) is 11.8 Å².